The van der Waals surface area contributed by atoms with Gasteiger partial charge in [0.25, 0.3) is 0 Å². The Hall–Kier alpha value is -2.14. The van der Waals surface area contributed by atoms with Gasteiger partial charge < -0.3 is 5.32 Å². The molecule has 3 amide bonds. The molecule has 6 heteroatoms. The Kier molecular flexibility index (Phi) is 3.49. The summed E-state index contributed by atoms with van der Waals surface area (Å²) in [5.74, 6) is -1.00. The average Bonchev–Trinajstić information content (AvgIpc) is 3.20. The molecule has 24 heavy (non-hydrogen) atoms. The quantitative estimate of drug-likeness (QED) is 0.676. The number of carbonyl (C=O) groups excluding carboxylic acids is 3. The van der Waals surface area contributed by atoms with Crippen molar-refractivity contribution in [1.29, 1.82) is 0 Å². The molecule has 1 heterocycles. The number of aryl methyl sites for hydroxylation is 1. The summed E-state index contributed by atoms with van der Waals surface area (Å²) in [7, 11) is 0. The molecule has 1 saturated carbocycles. The van der Waals surface area contributed by atoms with Gasteiger partial charge in [0, 0.05) is 10.7 Å². The molecule has 1 N–H and O–H groups in total. The molecule has 4 unspecified atom stereocenters. The number of amides is 3. The van der Waals surface area contributed by atoms with Gasteiger partial charge in [-0.2, -0.15) is 0 Å². The maximum absolute atomic E-state index is 12.6. The molecule has 4 rings (SSSR count). The van der Waals surface area contributed by atoms with E-state index in [1.165, 1.54) is 0 Å². The molecular weight excluding hydrogens is 328 g/mol. The molecule has 1 aromatic rings. The van der Waals surface area contributed by atoms with Crippen LogP contribution >= 0.6 is 11.6 Å². The van der Waals surface area contributed by atoms with Crippen LogP contribution in [0.2, 0.25) is 5.02 Å². The second-order valence-corrected chi connectivity index (χ2v) is 7.21. The van der Waals surface area contributed by atoms with Crippen molar-refractivity contribution in [2.45, 2.75) is 13.3 Å². The fourth-order valence-corrected chi connectivity index (χ4v) is 4.45. The van der Waals surface area contributed by atoms with Crippen molar-refractivity contribution in [2.24, 2.45) is 23.7 Å². The van der Waals surface area contributed by atoms with Crippen molar-refractivity contribution in [3.63, 3.8) is 0 Å². The van der Waals surface area contributed by atoms with Gasteiger partial charge in [0.2, 0.25) is 17.7 Å². The van der Waals surface area contributed by atoms with E-state index in [1.54, 1.807) is 18.2 Å². The predicted octanol–water partition coefficient (Wildman–Crippen LogP) is 2.39. The van der Waals surface area contributed by atoms with Crippen molar-refractivity contribution in [2.75, 3.05) is 11.9 Å². The molecule has 3 aliphatic rings. The first kappa shape index (κ1) is 15.4. The number of imide groups is 1. The number of nitrogens with one attached hydrogen (secondary N) is 1. The summed E-state index contributed by atoms with van der Waals surface area (Å²) in [6.45, 7) is 1.60. The van der Waals surface area contributed by atoms with Crippen molar-refractivity contribution in [1.82, 2.24) is 4.90 Å². The zero-order valence-electron chi connectivity index (χ0n) is 13.2. The Morgan fingerprint density at radius 3 is 2.42 bits per heavy atom. The first-order chi connectivity index (χ1) is 11.5. The Bertz CT molecular complexity index is 758. The summed E-state index contributed by atoms with van der Waals surface area (Å²) in [6.07, 6.45) is 4.96. The fraction of sp³-hybridized carbons (Fsp3) is 0.389. The van der Waals surface area contributed by atoms with Crippen LogP contribution in [0.4, 0.5) is 5.69 Å². The van der Waals surface area contributed by atoms with Crippen molar-refractivity contribution < 1.29 is 14.4 Å². The van der Waals surface area contributed by atoms with E-state index in [-0.39, 0.29) is 47.9 Å². The Balaban J connectivity index is 1.47. The number of hydrogen-bond acceptors (Lipinski definition) is 3. The highest BCUT2D eigenvalue weighted by Crippen LogP contribution is 2.52. The molecular formula is C18H17ClN2O3. The molecule has 0 spiro atoms. The van der Waals surface area contributed by atoms with Crippen LogP contribution in [0.5, 0.6) is 0 Å². The smallest absolute Gasteiger partial charge is 0.244 e. The maximum Gasteiger partial charge on any atom is 0.244 e. The monoisotopic (exact) mass is 344 g/mol. The lowest BCUT2D eigenvalue weighted by Crippen LogP contribution is -2.39. The summed E-state index contributed by atoms with van der Waals surface area (Å²) < 4.78 is 0. The second-order valence-electron chi connectivity index (χ2n) is 6.77. The highest BCUT2D eigenvalue weighted by Gasteiger charge is 2.59. The zero-order chi connectivity index (χ0) is 17.0. The van der Waals surface area contributed by atoms with Gasteiger partial charge in [-0.05, 0) is 48.9 Å². The first-order valence-electron chi connectivity index (χ1n) is 8.05. The minimum absolute atomic E-state index is 0.156. The number of anilines is 1. The molecule has 0 aromatic heterocycles. The van der Waals surface area contributed by atoms with Crippen LogP contribution < -0.4 is 5.32 Å². The van der Waals surface area contributed by atoms with E-state index in [1.807, 2.05) is 19.1 Å². The van der Waals surface area contributed by atoms with E-state index in [2.05, 4.69) is 5.32 Å². The third kappa shape index (κ3) is 2.26. The lowest BCUT2D eigenvalue weighted by Gasteiger charge is -2.17. The van der Waals surface area contributed by atoms with Crippen molar-refractivity contribution in [3.05, 3.63) is 40.9 Å². The number of halogens is 1. The van der Waals surface area contributed by atoms with E-state index < -0.39 is 0 Å². The topological polar surface area (TPSA) is 66.5 Å². The summed E-state index contributed by atoms with van der Waals surface area (Å²) in [5, 5.41) is 3.34. The van der Waals surface area contributed by atoms with Gasteiger partial charge in [0.1, 0.15) is 6.54 Å². The highest BCUT2D eigenvalue weighted by molar-refractivity contribution is 6.30. The Labute approximate surface area is 144 Å². The number of nitrogens with zero attached hydrogens (tertiary/aromatic N) is 1. The van der Waals surface area contributed by atoms with Crippen molar-refractivity contribution >= 4 is 35.0 Å². The largest absolute Gasteiger partial charge is 0.324 e. The van der Waals surface area contributed by atoms with E-state index in [4.69, 9.17) is 11.6 Å². The molecule has 1 saturated heterocycles. The zero-order valence-corrected chi connectivity index (χ0v) is 13.9. The van der Waals surface area contributed by atoms with Crippen LogP contribution in [0.15, 0.2) is 30.4 Å². The number of benzene rings is 1. The molecule has 1 aliphatic heterocycles. The van der Waals surface area contributed by atoms with Crippen LogP contribution in [-0.4, -0.2) is 29.2 Å². The van der Waals surface area contributed by atoms with Gasteiger partial charge >= 0.3 is 0 Å². The average molecular weight is 345 g/mol. The van der Waals surface area contributed by atoms with Crippen LogP contribution in [0.3, 0.4) is 0 Å². The molecule has 2 bridgehead atoms. The molecule has 4 atom stereocenters. The number of carbonyl (C=O) groups is 3. The number of fused-ring (bicyclic) bond motifs is 5. The number of rotatable bonds is 3. The van der Waals surface area contributed by atoms with Crippen LogP contribution in [0, 0.1) is 30.6 Å². The Morgan fingerprint density at radius 2 is 1.83 bits per heavy atom. The normalized spacial score (nSPS) is 30.2. The lowest BCUT2D eigenvalue weighted by atomic mass is 9.85. The fourth-order valence-electron chi connectivity index (χ4n) is 4.22. The molecule has 5 nitrogen and oxygen atoms in total. The minimum Gasteiger partial charge on any atom is -0.324 e. The molecule has 1 aromatic carbocycles. The van der Waals surface area contributed by atoms with Crippen molar-refractivity contribution in [3.8, 4) is 0 Å². The molecule has 0 radical (unpaired) electrons. The van der Waals surface area contributed by atoms with Gasteiger partial charge in [-0.3, -0.25) is 19.3 Å². The van der Waals surface area contributed by atoms with Gasteiger partial charge in [-0.25, -0.2) is 0 Å². The predicted molar refractivity (Wildman–Crippen MR) is 89.3 cm³/mol. The summed E-state index contributed by atoms with van der Waals surface area (Å²) >= 11 is 5.90. The van der Waals surface area contributed by atoms with Crippen LogP contribution in [0.1, 0.15) is 12.0 Å². The van der Waals surface area contributed by atoms with Gasteiger partial charge in [0.05, 0.1) is 11.8 Å². The highest BCUT2D eigenvalue weighted by atomic mass is 35.5. The van der Waals surface area contributed by atoms with Gasteiger partial charge in [-0.15, -0.1) is 0 Å². The lowest BCUT2D eigenvalue weighted by molar-refractivity contribution is -0.143. The second kappa shape index (κ2) is 5.45. The maximum atomic E-state index is 12.6. The molecule has 2 fully saturated rings. The summed E-state index contributed by atoms with van der Waals surface area (Å²) in [6, 6.07) is 5.14. The van der Waals surface area contributed by atoms with Crippen LogP contribution in [0.25, 0.3) is 0 Å². The van der Waals surface area contributed by atoms with E-state index >= 15 is 0 Å². The van der Waals surface area contributed by atoms with E-state index in [0.717, 1.165) is 16.9 Å². The third-order valence-electron chi connectivity index (χ3n) is 5.33. The van der Waals surface area contributed by atoms with Crippen LogP contribution in [-0.2, 0) is 14.4 Å². The minimum atomic E-state index is -0.373. The first-order valence-corrected chi connectivity index (χ1v) is 8.43. The Morgan fingerprint density at radius 1 is 1.21 bits per heavy atom. The number of allylic oxidation sites excluding steroid dienone is 2. The van der Waals surface area contributed by atoms with Gasteiger partial charge in [-0.1, -0.05) is 23.8 Å². The number of likely N-dealkylation sites (tertiary alicyclic amines) is 1. The molecule has 124 valence electrons. The van der Waals surface area contributed by atoms with E-state index in [0.29, 0.717) is 10.7 Å². The van der Waals surface area contributed by atoms with Gasteiger partial charge in [0.15, 0.2) is 0 Å². The number of hydrogen-bond donors (Lipinski definition) is 1. The molecule has 2 aliphatic carbocycles. The standard InChI is InChI=1S/C18H17ClN2O3/c1-9-6-12(19)4-5-13(9)20-14(22)8-21-17(23)15-10-2-3-11(7-10)16(15)18(21)24/h2-6,10-11,15-16H,7-8H2,1H3,(H,20,22). The third-order valence-corrected chi connectivity index (χ3v) is 5.56. The SMILES string of the molecule is Cc1cc(Cl)ccc1NC(=O)CN1C(=O)C2C3C=CC(C3)C2C1=O. The summed E-state index contributed by atoms with van der Waals surface area (Å²) in [5.41, 5.74) is 1.46. The van der Waals surface area contributed by atoms with E-state index in [9.17, 15) is 14.4 Å². The summed E-state index contributed by atoms with van der Waals surface area (Å²) in [4.78, 5) is 38.5.